The zero-order valence-corrected chi connectivity index (χ0v) is 9.50. The highest BCUT2D eigenvalue weighted by Crippen LogP contribution is 2.23. The summed E-state index contributed by atoms with van der Waals surface area (Å²) in [6.45, 7) is 2.38. The van der Waals surface area contributed by atoms with Gasteiger partial charge in [0.05, 0.1) is 12.2 Å². The van der Waals surface area contributed by atoms with Gasteiger partial charge in [0, 0.05) is 12.1 Å². The van der Waals surface area contributed by atoms with E-state index in [1.807, 2.05) is 0 Å². The molecule has 0 fully saturated rings. The van der Waals surface area contributed by atoms with Crippen molar-refractivity contribution in [3.8, 4) is 5.75 Å². The predicted molar refractivity (Wildman–Crippen MR) is 58.8 cm³/mol. The first-order valence-electron chi connectivity index (χ1n) is 4.57. The fraction of sp³-hybridized carbons (Fsp3) is 0.364. The Bertz CT molecular complexity index is 350. The summed E-state index contributed by atoms with van der Waals surface area (Å²) in [5.41, 5.74) is 0.499. The van der Waals surface area contributed by atoms with Crippen LogP contribution in [0, 0.1) is 0 Å². The molecule has 1 aromatic carbocycles. The molecule has 0 saturated carbocycles. The smallest absolute Gasteiger partial charge is 0.163 e. The Hall–Kier alpha value is -1.06. The van der Waals surface area contributed by atoms with E-state index in [1.54, 1.807) is 25.3 Å². The number of carbonyl (C=O) groups is 1. The molecule has 0 atom stereocenters. The van der Waals surface area contributed by atoms with E-state index in [-0.39, 0.29) is 5.78 Å². The lowest BCUT2D eigenvalue weighted by Crippen LogP contribution is -2.07. The average Bonchev–Trinajstić information content (AvgIpc) is 2.20. The summed E-state index contributed by atoms with van der Waals surface area (Å²) in [5.74, 6) is 0.480. The molecule has 0 aliphatic rings. The Kier molecular flexibility index (Phi) is 4.59. The summed E-state index contributed by atoms with van der Waals surface area (Å²) >= 11 is 5.79. The van der Waals surface area contributed by atoms with Gasteiger partial charge in [0.2, 0.25) is 0 Å². The molecule has 0 aliphatic heterocycles. The van der Waals surface area contributed by atoms with Crippen LogP contribution in [0.1, 0.15) is 17.3 Å². The summed E-state index contributed by atoms with van der Waals surface area (Å²) in [5, 5.41) is 0.527. The third kappa shape index (κ3) is 3.53. The van der Waals surface area contributed by atoms with Gasteiger partial charge in [-0.05, 0) is 25.1 Å². The van der Waals surface area contributed by atoms with Crippen LogP contribution < -0.4 is 4.74 Å². The van der Waals surface area contributed by atoms with Crippen molar-refractivity contribution in [3.63, 3.8) is 0 Å². The van der Waals surface area contributed by atoms with Crippen molar-refractivity contribution in [2.24, 2.45) is 0 Å². The first-order chi connectivity index (χ1) is 7.15. The minimum absolute atomic E-state index is 0.0649. The molecule has 1 rings (SSSR count). The quantitative estimate of drug-likeness (QED) is 0.574. The van der Waals surface area contributed by atoms with Gasteiger partial charge in [-0.3, -0.25) is 4.79 Å². The predicted octanol–water partition coefficient (Wildman–Crippen LogP) is 2.57. The van der Waals surface area contributed by atoms with E-state index in [2.05, 4.69) is 0 Å². The second-order valence-electron chi connectivity index (χ2n) is 3.04. The number of carbonyl (C=O) groups excluding carboxylic acids is 1. The van der Waals surface area contributed by atoms with E-state index in [4.69, 9.17) is 21.1 Å². The number of rotatable bonds is 5. The van der Waals surface area contributed by atoms with Crippen molar-refractivity contribution >= 4 is 17.4 Å². The Morgan fingerprint density at radius 3 is 2.73 bits per heavy atom. The molecule has 0 unspecified atom stereocenters. The fourth-order valence-corrected chi connectivity index (χ4v) is 1.31. The maximum Gasteiger partial charge on any atom is 0.163 e. The molecule has 0 heterocycles. The van der Waals surface area contributed by atoms with Crippen LogP contribution in [0.4, 0.5) is 0 Å². The van der Waals surface area contributed by atoms with Crippen LogP contribution in [0.25, 0.3) is 0 Å². The summed E-state index contributed by atoms with van der Waals surface area (Å²) in [6.07, 6.45) is 0. The van der Waals surface area contributed by atoms with E-state index in [9.17, 15) is 4.79 Å². The number of benzene rings is 1. The Labute approximate surface area is 93.9 Å². The summed E-state index contributed by atoms with van der Waals surface area (Å²) in [7, 11) is 1.59. The Morgan fingerprint density at radius 1 is 1.40 bits per heavy atom. The van der Waals surface area contributed by atoms with Crippen LogP contribution in [0.2, 0.25) is 5.02 Å². The summed E-state index contributed by atoms with van der Waals surface area (Å²) in [6, 6.07) is 4.98. The molecule has 0 aliphatic carbocycles. The molecule has 15 heavy (non-hydrogen) atoms. The highest BCUT2D eigenvalue weighted by atomic mass is 35.5. The van der Waals surface area contributed by atoms with E-state index >= 15 is 0 Å². The van der Waals surface area contributed by atoms with E-state index in [1.165, 1.54) is 6.92 Å². The van der Waals surface area contributed by atoms with E-state index < -0.39 is 0 Å². The number of Topliss-reactive ketones (excluding diaryl/α,β-unsaturated/α-hetero) is 1. The molecule has 0 bridgehead atoms. The number of ether oxygens (including phenoxy) is 2. The fourth-order valence-electron chi connectivity index (χ4n) is 1.14. The zero-order chi connectivity index (χ0) is 11.3. The number of ketones is 1. The minimum Gasteiger partial charge on any atom is -0.490 e. The van der Waals surface area contributed by atoms with Crippen LogP contribution in [-0.2, 0) is 4.74 Å². The third-order valence-electron chi connectivity index (χ3n) is 1.87. The van der Waals surface area contributed by atoms with Crippen LogP contribution in [-0.4, -0.2) is 26.1 Å². The highest BCUT2D eigenvalue weighted by Gasteiger charge is 2.08. The molecular formula is C11H13ClO3. The molecule has 0 N–H and O–H groups in total. The van der Waals surface area contributed by atoms with E-state index in [0.717, 1.165) is 0 Å². The lowest BCUT2D eigenvalue weighted by Gasteiger charge is -2.09. The van der Waals surface area contributed by atoms with Crippen molar-refractivity contribution in [3.05, 3.63) is 28.8 Å². The topological polar surface area (TPSA) is 35.5 Å². The number of hydrogen-bond donors (Lipinski definition) is 0. The van der Waals surface area contributed by atoms with Gasteiger partial charge in [-0.25, -0.2) is 0 Å². The molecule has 0 aromatic heterocycles. The summed E-state index contributed by atoms with van der Waals surface area (Å²) in [4.78, 5) is 11.3. The van der Waals surface area contributed by atoms with Gasteiger partial charge >= 0.3 is 0 Å². The Morgan fingerprint density at radius 2 is 2.13 bits per heavy atom. The van der Waals surface area contributed by atoms with Gasteiger partial charge < -0.3 is 9.47 Å². The SMILES string of the molecule is COCCOc1ccc(Cl)cc1C(C)=O. The van der Waals surface area contributed by atoms with Crippen molar-refractivity contribution in [2.45, 2.75) is 6.92 Å². The monoisotopic (exact) mass is 228 g/mol. The molecule has 3 nitrogen and oxygen atoms in total. The van der Waals surface area contributed by atoms with Crippen molar-refractivity contribution in [2.75, 3.05) is 20.3 Å². The first kappa shape index (κ1) is 12.0. The van der Waals surface area contributed by atoms with Crippen LogP contribution in [0.5, 0.6) is 5.75 Å². The van der Waals surface area contributed by atoms with Crippen LogP contribution in [0.15, 0.2) is 18.2 Å². The van der Waals surface area contributed by atoms with Gasteiger partial charge in [-0.15, -0.1) is 0 Å². The summed E-state index contributed by atoms with van der Waals surface area (Å²) < 4.78 is 10.2. The molecule has 0 radical (unpaired) electrons. The molecule has 82 valence electrons. The van der Waals surface area contributed by atoms with E-state index in [0.29, 0.717) is 29.5 Å². The maximum atomic E-state index is 11.3. The van der Waals surface area contributed by atoms with Gasteiger partial charge in [-0.2, -0.15) is 0 Å². The number of methoxy groups -OCH3 is 1. The lowest BCUT2D eigenvalue weighted by atomic mass is 10.1. The second-order valence-corrected chi connectivity index (χ2v) is 3.47. The number of halogens is 1. The normalized spacial score (nSPS) is 10.1. The van der Waals surface area contributed by atoms with Crippen molar-refractivity contribution < 1.29 is 14.3 Å². The lowest BCUT2D eigenvalue weighted by molar-refractivity contribution is 0.100. The molecule has 4 heteroatoms. The van der Waals surface area contributed by atoms with Gasteiger partial charge in [-0.1, -0.05) is 11.6 Å². The van der Waals surface area contributed by atoms with Crippen molar-refractivity contribution in [1.29, 1.82) is 0 Å². The largest absolute Gasteiger partial charge is 0.490 e. The molecule has 0 spiro atoms. The standard InChI is InChI=1S/C11H13ClO3/c1-8(13)10-7-9(12)3-4-11(10)15-6-5-14-2/h3-4,7H,5-6H2,1-2H3. The van der Waals surface area contributed by atoms with Crippen LogP contribution in [0.3, 0.4) is 0 Å². The minimum atomic E-state index is -0.0649. The van der Waals surface area contributed by atoms with Gasteiger partial charge in [0.25, 0.3) is 0 Å². The average molecular weight is 229 g/mol. The maximum absolute atomic E-state index is 11.3. The highest BCUT2D eigenvalue weighted by molar-refractivity contribution is 6.31. The van der Waals surface area contributed by atoms with Gasteiger partial charge in [0.15, 0.2) is 5.78 Å². The second kappa shape index (κ2) is 5.73. The molecule has 0 saturated heterocycles. The molecular weight excluding hydrogens is 216 g/mol. The van der Waals surface area contributed by atoms with Gasteiger partial charge in [0.1, 0.15) is 12.4 Å². The first-order valence-corrected chi connectivity index (χ1v) is 4.95. The van der Waals surface area contributed by atoms with Crippen molar-refractivity contribution in [1.82, 2.24) is 0 Å². The molecule has 1 aromatic rings. The third-order valence-corrected chi connectivity index (χ3v) is 2.10. The Balaban J connectivity index is 2.81. The molecule has 0 amide bonds. The van der Waals surface area contributed by atoms with Crippen LogP contribution >= 0.6 is 11.6 Å². The zero-order valence-electron chi connectivity index (χ0n) is 8.75. The number of hydrogen-bond acceptors (Lipinski definition) is 3.